The van der Waals surface area contributed by atoms with Crippen LogP contribution in [-0.4, -0.2) is 68.3 Å². The third-order valence-electron chi connectivity index (χ3n) is 12.8. The zero-order valence-electron chi connectivity index (χ0n) is 36.6. The molecule has 0 amide bonds. The van der Waals surface area contributed by atoms with E-state index < -0.39 is 35.6 Å². The van der Waals surface area contributed by atoms with Gasteiger partial charge in [-0.05, 0) is 75.9 Å². The lowest BCUT2D eigenvalue weighted by molar-refractivity contribution is -0.00469. The molecular weight excluding hydrogens is 823 g/mol. The molecule has 0 spiro atoms. The molecule has 0 bridgehead atoms. The summed E-state index contributed by atoms with van der Waals surface area (Å²) >= 11 is 13.2. The van der Waals surface area contributed by atoms with Crippen molar-refractivity contribution in [3.63, 3.8) is 0 Å². The van der Waals surface area contributed by atoms with Crippen LogP contribution in [0.25, 0.3) is 0 Å². The second kappa shape index (κ2) is 19.4. The number of halogens is 2. The molecule has 4 N–H and O–H groups in total. The van der Waals surface area contributed by atoms with Crippen molar-refractivity contribution in [1.29, 1.82) is 0 Å². The lowest BCUT2D eigenvalue weighted by Gasteiger charge is -2.32. The molecule has 0 unspecified atom stereocenters. The molecule has 2 aliphatic heterocycles. The first-order valence-electron chi connectivity index (χ1n) is 22.1. The number of fused-ring (bicyclic) bond motifs is 6. The van der Waals surface area contributed by atoms with E-state index in [9.17, 15) is 20.4 Å². The Morgan fingerprint density at radius 3 is 1.34 bits per heavy atom. The van der Waals surface area contributed by atoms with Crippen molar-refractivity contribution in [2.45, 2.75) is 140 Å². The summed E-state index contributed by atoms with van der Waals surface area (Å²) in [5.41, 5.74) is 2.83. The van der Waals surface area contributed by atoms with Gasteiger partial charge in [0.25, 0.3) is 0 Å². The maximum atomic E-state index is 11.0. The van der Waals surface area contributed by atoms with Crippen LogP contribution in [0.1, 0.15) is 101 Å². The zero-order chi connectivity index (χ0) is 44.3. The van der Waals surface area contributed by atoms with Gasteiger partial charge in [-0.1, -0.05) is 135 Å². The minimum Gasteiger partial charge on any atom is -0.489 e. The molecule has 8 rings (SSSR count). The highest BCUT2D eigenvalue weighted by atomic mass is 35.5. The van der Waals surface area contributed by atoms with Gasteiger partial charge >= 0.3 is 0 Å². The third kappa shape index (κ3) is 9.71. The number of hydrogen-bond donors (Lipinski definition) is 4. The SMILES string of the molecule is CCCc1cccc2c1O[C@H]1C[C@@H](O)[C@H](/C=C(\Cl)[C@@H](O)C(C)(C)Oc3ccccc3)[C@@H]21.CCCc1cccc2c1O[C@H]1C[C@@H](O)[C@H](/C=C(\Cl)[C@H](O)C(C)(C)Oc3ccccc3)[C@@H]21. The standard InChI is InChI=1S/2C26H31ClO4/c2*1-4-9-16-10-8-13-18-23-19(21(28)15-22(23)30-24(16)18)14-20(27)25(29)26(2,3)31-17-11-6-5-7-12-17/h2*5-8,10-14,19,21-23,25,28-29H,4,9,15H2,1-3H3/b2*20-14-/t19-,21+,22-,23+,25+;19-,21+,22-,23+,25-/m00/s1. The number of hydrogen-bond acceptors (Lipinski definition) is 8. The molecule has 2 saturated carbocycles. The van der Waals surface area contributed by atoms with Crippen LogP contribution < -0.4 is 18.9 Å². The van der Waals surface area contributed by atoms with Crippen LogP contribution in [0.5, 0.6) is 23.0 Å². The van der Waals surface area contributed by atoms with Crippen LogP contribution in [0.2, 0.25) is 0 Å². The highest BCUT2D eigenvalue weighted by Crippen LogP contribution is 2.54. The predicted molar refractivity (Wildman–Crippen MR) is 246 cm³/mol. The van der Waals surface area contributed by atoms with E-state index in [-0.39, 0.29) is 45.9 Å². The number of aliphatic hydroxyl groups is 4. The minimum atomic E-state index is -1.03. The van der Waals surface area contributed by atoms with Crippen molar-refractivity contribution in [2.75, 3.05) is 0 Å². The molecule has 0 saturated heterocycles. The first-order chi connectivity index (χ1) is 29.6. The summed E-state index contributed by atoms with van der Waals surface area (Å²) in [5, 5.41) is 44.0. The van der Waals surface area contributed by atoms with Crippen LogP contribution in [-0.2, 0) is 12.8 Å². The summed E-state index contributed by atoms with van der Waals surface area (Å²) in [6.45, 7) is 11.5. The Hall–Kier alpha value is -4.02. The third-order valence-corrected chi connectivity index (χ3v) is 13.5. The van der Waals surface area contributed by atoms with Gasteiger partial charge < -0.3 is 39.4 Å². The Morgan fingerprint density at radius 2 is 0.984 bits per heavy atom. The Bertz CT molecular complexity index is 2030. The fourth-order valence-corrected chi connectivity index (χ4v) is 10.5. The van der Waals surface area contributed by atoms with Crippen LogP contribution in [0.3, 0.4) is 0 Å². The summed E-state index contributed by atoms with van der Waals surface area (Å²) in [6.07, 6.45) is 5.41. The molecule has 8 nitrogen and oxygen atoms in total. The van der Waals surface area contributed by atoms with Gasteiger partial charge in [-0.25, -0.2) is 0 Å². The Kier molecular flexibility index (Phi) is 14.4. The number of para-hydroxylation sites is 4. The van der Waals surface area contributed by atoms with Crippen LogP contribution in [0, 0.1) is 11.8 Å². The molecule has 2 heterocycles. The van der Waals surface area contributed by atoms with E-state index >= 15 is 0 Å². The molecule has 62 heavy (non-hydrogen) atoms. The van der Waals surface area contributed by atoms with E-state index in [1.54, 1.807) is 27.7 Å². The highest BCUT2D eigenvalue weighted by molar-refractivity contribution is 6.30. The molecule has 4 aliphatic rings. The molecule has 4 aromatic carbocycles. The maximum Gasteiger partial charge on any atom is 0.134 e. The average Bonchev–Trinajstić information content (AvgIpc) is 3.97. The van der Waals surface area contributed by atoms with Crippen molar-refractivity contribution in [1.82, 2.24) is 0 Å². The summed E-state index contributed by atoms with van der Waals surface area (Å²) < 4.78 is 24.6. The Labute approximate surface area is 377 Å². The maximum absolute atomic E-state index is 11.0. The normalized spacial score (nSPS) is 26.2. The van der Waals surface area contributed by atoms with Gasteiger partial charge in [0.15, 0.2) is 0 Å². The van der Waals surface area contributed by atoms with E-state index in [0.717, 1.165) is 48.3 Å². The van der Waals surface area contributed by atoms with E-state index in [2.05, 4.69) is 50.2 Å². The molecule has 10 atom stereocenters. The first-order valence-corrected chi connectivity index (χ1v) is 22.9. The first kappa shape index (κ1) is 46.0. The van der Waals surface area contributed by atoms with Crippen LogP contribution in [0.15, 0.2) is 119 Å². The largest absolute Gasteiger partial charge is 0.489 e. The van der Waals surface area contributed by atoms with Crippen molar-refractivity contribution in [2.24, 2.45) is 11.8 Å². The number of rotatable bonds is 14. The van der Waals surface area contributed by atoms with Gasteiger partial charge in [-0.3, -0.25) is 0 Å². The van der Waals surface area contributed by atoms with E-state index in [4.69, 9.17) is 42.1 Å². The van der Waals surface area contributed by atoms with Gasteiger partial charge in [-0.2, -0.15) is 0 Å². The lowest BCUT2D eigenvalue weighted by Crippen LogP contribution is -2.42. The molecule has 0 radical (unpaired) electrons. The van der Waals surface area contributed by atoms with Gasteiger partial charge in [0.05, 0.1) is 12.2 Å². The summed E-state index contributed by atoms with van der Waals surface area (Å²) in [5.74, 6) is 2.87. The smallest absolute Gasteiger partial charge is 0.134 e. The fraction of sp³-hybridized carbons (Fsp3) is 0.462. The Morgan fingerprint density at radius 1 is 0.613 bits per heavy atom. The topological polar surface area (TPSA) is 118 Å². The van der Waals surface area contributed by atoms with Gasteiger partial charge in [0.2, 0.25) is 0 Å². The zero-order valence-corrected chi connectivity index (χ0v) is 38.1. The molecule has 4 aromatic rings. The predicted octanol–water partition coefficient (Wildman–Crippen LogP) is 10.4. The van der Waals surface area contributed by atoms with Crippen molar-refractivity contribution in [3.8, 4) is 23.0 Å². The molecule has 2 fully saturated rings. The number of benzene rings is 4. The highest BCUT2D eigenvalue weighted by Gasteiger charge is 2.51. The molecule has 2 aliphatic carbocycles. The summed E-state index contributed by atoms with van der Waals surface area (Å²) in [4.78, 5) is 0. The van der Waals surface area contributed by atoms with Crippen LogP contribution in [0.4, 0.5) is 0 Å². The van der Waals surface area contributed by atoms with Gasteiger partial charge in [0, 0.05) is 57.7 Å². The number of ether oxygens (including phenoxy) is 4. The second-order valence-electron chi connectivity index (χ2n) is 18.2. The van der Waals surface area contributed by atoms with Crippen molar-refractivity contribution < 1.29 is 39.4 Å². The Balaban J connectivity index is 0.000000186. The molecular formula is C52H62Cl2O8. The van der Waals surface area contributed by atoms with Crippen LogP contribution >= 0.6 is 23.2 Å². The average molecular weight is 886 g/mol. The van der Waals surface area contributed by atoms with Crippen molar-refractivity contribution >= 4 is 23.2 Å². The molecule has 332 valence electrons. The summed E-state index contributed by atoms with van der Waals surface area (Å²) in [7, 11) is 0. The van der Waals surface area contributed by atoms with Gasteiger partial charge in [-0.15, -0.1) is 0 Å². The second-order valence-corrected chi connectivity index (χ2v) is 19.1. The number of aliphatic hydroxyl groups excluding tert-OH is 4. The fourth-order valence-electron chi connectivity index (χ4n) is 9.71. The monoisotopic (exact) mass is 884 g/mol. The van der Waals surface area contributed by atoms with E-state index in [1.165, 1.54) is 11.1 Å². The lowest BCUT2D eigenvalue weighted by atomic mass is 9.86. The summed E-state index contributed by atoms with van der Waals surface area (Å²) in [6, 6.07) is 31.3. The van der Waals surface area contributed by atoms with Gasteiger partial charge in [0.1, 0.15) is 58.6 Å². The minimum absolute atomic E-state index is 0.0286. The molecule has 0 aromatic heterocycles. The molecule has 10 heteroatoms. The van der Waals surface area contributed by atoms with E-state index in [0.29, 0.717) is 24.3 Å². The number of aryl methyl sites for hydroxylation is 2. The van der Waals surface area contributed by atoms with Crippen molar-refractivity contribution in [3.05, 3.63) is 142 Å². The van der Waals surface area contributed by atoms with E-state index in [1.807, 2.05) is 72.8 Å². The quantitative estimate of drug-likeness (QED) is 0.0989.